The van der Waals surface area contributed by atoms with Crippen molar-refractivity contribution in [3.05, 3.63) is 29.3 Å². The lowest BCUT2D eigenvalue weighted by Crippen LogP contribution is -2.27. The van der Waals surface area contributed by atoms with Gasteiger partial charge in [0.25, 0.3) is 5.91 Å². The highest BCUT2D eigenvalue weighted by Gasteiger charge is 2.34. The van der Waals surface area contributed by atoms with Crippen LogP contribution in [0, 0.1) is 6.92 Å². The average Bonchev–Trinajstić information content (AvgIpc) is 3.13. The van der Waals surface area contributed by atoms with Crippen molar-refractivity contribution in [2.24, 2.45) is 7.05 Å². The van der Waals surface area contributed by atoms with Crippen molar-refractivity contribution in [2.45, 2.75) is 39.4 Å². The van der Waals surface area contributed by atoms with Gasteiger partial charge in [0.15, 0.2) is 5.69 Å². The van der Waals surface area contributed by atoms with Crippen molar-refractivity contribution < 1.29 is 22.8 Å². The molecule has 11 heteroatoms. The number of hydrogen-bond donors (Lipinski definition) is 2. The molecule has 0 spiro atoms. The van der Waals surface area contributed by atoms with E-state index >= 15 is 0 Å². The Morgan fingerprint density at radius 2 is 2.00 bits per heavy atom. The second-order valence-corrected chi connectivity index (χ2v) is 5.98. The maximum absolute atomic E-state index is 12.7. The van der Waals surface area contributed by atoms with E-state index in [4.69, 9.17) is 0 Å². The number of rotatable bonds is 7. The van der Waals surface area contributed by atoms with Crippen molar-refractivity contribution >= 4 is 17.5 Å². The molecule has 148 valence electrons. The number of aromatic nitrogens is 4. The molecule has 0 unspecified atom stereocenters. The number of aryl methyl sites for hydroxylation is 3. The van der Waals surface area contributed by atoms with Gasteiger partial charge in [-0.15, -0.1) is 0 Å². The first kappa shape index (κ1) is 20.5. The molecule has 0 aliphatic carbocycles. The van der Waals surface area contributed by atoms with Gasteiger partial charge in [0, 0.05) is 32.3 Å². The van der Waals surface area contributed by atoms with Gasteiger partial charge in [-0.05, 0) is 19.4 Å². The molecule has 0 bridgehead atoms. The predicted molar refractivity (Wildman–Crippen MR) is 91.0 cm³/mol. The van der Waals surface area contributed by atoms with E-state index in [0.29, 0.717) is 12.2 Å². The number of alkyl halides is 3. The van der Waals surface area contributed by atoms with Crippen LogP contribution in [0.25, 0.3) is 0 Å². The Morgan fingerprint density at radius 1 is 1.30 bits per heavy atom. The van der Waals surface area contributed by atoms with Gasteiger partial charge in [0.1, 0.15) is 5.69 Å². The van der Waals surface area contributed by atoms with Crippen LogP contribution in [0.1, 0.15) is 41.6 Å². The minimum absolute atomic E-state index is 0.0224. The van der Waals surface area contributed by atoms with E-state index in [2.05, 4.69) is 20.8 Å². The van der Waals surface area contributed by atoms with Gasteiger partial charge in [0.05, 0.1) is 11.9 Å². The van der Waals surface area contributed by atoms with Crippen LogP contribution in [0.3, 0.4) is 0 Å². The van der Waals surface area contributed by atoms with E-state index in [9.17, 15) is 22.8 Å². The van der Waals surface area contributed by atoms with Crippen LogP contribution < -0.4 is 10.6 Å². The molecule has 2 rings (SSSR count). The molecule has 2 N–H and O–H groups in total. The largest absolute Gasteiger partial charge is 0.435 e. The van der Waals surface area contributed by atoms with Crippen LogP contribution in [0.5, 0.6) is 0 Å². The van der Waals surface area contributed by atoms with E-state index in [-0.39, 0.29) is 30.3 Å². The van der Waals surface area contributed by atoms with Gasteiger partial charge in [-0.2, -0.15) is 23.4 Å². The lowest BCUT2D eigenvalue weighted by molar-refractivity contribution is -0.141. The Labute approximate surface area is 153 Å². The standard InChI is InChI=1S/C16H21F3N6O2/c1-4-6-20-15(27)14-11(9-21-24(14)3)22-13(26)5-7-25-10(2)8-12(23-25)16(17,18)19/h8-9H,4-7H2,1-3H3,(H,20,27)(H,22,26). The van der Waals surface area contributed by atoms with Crippen molar-refractivity contribution in [1.29, 1.82) is 0 Å². The SMILES string of the molecule is CCCNC(=O)c1c(NC(=O)CCn2nc(C(F)(F)F)cc2C)cnn1C. The molecule has 27 heavy (non-hydrogen) atoms. The van der Waals surface area contributed by atoms with Crippen molar-refractivity contribution in [1.82, 2.24) is 24.9 Å². The predicted octanol–water partition coefficient (Wildman–Crippen LogP) is 2.11. The fraction of sp³-hybridized carbons (Fsp3) is 0.500. The van der Waals surface area contributed by atoms with E-state index in [0.717, 1.165) is 17.2 Å². The highest BCUT2D eigenvalue weighted by molar-refractivity contribution is 6.02. The van der Waals surface area contributed by atoms with Crippen LogP contribution in [0.15, 0.2) is 12.3 Å². The zero-order chi connectivity index (χ0) is 20.2. The van der Waals surface area contributed by atoms with Gasteiger partial charge >= 0.3 is 6.18 Å². The summed E-state index contributed by atoms with van der Waals surface area (Å²) in [7, 11) is 1.57. The Morgan fingerprint density at radius 3 is 2.59 bits per heavy atom. The lowest BCUT2D eigenvalue weighted by atomic mass is 10.3. The Balaban J connectivity index is 2.01. The third-order valence-corrected chi connectivity index (χ3v) is 3.79. The normalized spacial score (nSPS) is 11.5. The molecule has 0 saturated carbocycles. The molecule has 2 aromatic heterocycles. The molecule has 0 fully saturated rings. The van der Waals surface area contributed by atoms with Gasteiger partial charge < -0.3 is 10.6 Å². The van der Waals surface area contributed by atoms with Crippen molar-refractivity contribution in [2.75, 3.05) is 11.9 Å². The first-order valence-electron chi connectivity index (χ1n) is 8.35. The molecular formula is C16H21F3N6O2. The van der Waals surface area contributed by atoms with Gasteiger partial charge in [-0.3, -0.25) is 19.0 Å². The number of hydrogen-bond acceptors (Lipinski definition) is 4. The summed E-state index contributed by atoms with van der Waals surface area (Å²) in [6.45, 7) is 3.86. The summed E-state index contributed by atoms with van der Waals surface area (Å²) in [5, 5.41) is 12.7. The molecule has 2 amide bonds. The highest BCUT2D eigenvalue weighted by atomic mass is 19.4. The zero-order valence-corrected chi connectivity index (χ0v) is 15.2. The summed E-state index contributed by atoms with van der Waals surface area (Å²) in [4.78, 5) is 24.3. The molecule has 0 saturated heterocycles. The molecule has 0 radical (unpaired) electrons. The van der Waals surface area contributed by atoms with Crippen LogP contribution >= 0.6 is 0 Å². The first-order valence-corrected chi connectivity index (χ1v) is 8.35. The van der Waals surface area contributed by atoms with Crippen LogP contribution in [0.4, 0.5) is 18.9 Å². The zero-order valence-electron chi connectivity index (χ0n) is 15.2. The maximum atomic E-state index is 12.7. The van der Waals surface area contributed by atoms with Crippen molar-refractivity contribution in [3.8, 4) is 0 Å². The van der Waals surface area contributed by atoms with Crippen LogP contribution in [-0.2, 0) is 24.6 Å². The minimum Gasteiger partial charge on any atom is -0.351 e. The Kier molecular flexibility index (Phi) is 6.24. The lowest BCUT2D eigenvalue weighted by Gasteiger charge is -2.09. The van der Waals surface area contributed by atoms with E-state index in [1.807, 2.05) is 6.92 Å². The number of amides is 2. The summed E-state index contributed by atoms with van der Waals surface area (Å²) in [5.74, 6) is -0.833. The molecule has 0 aliphatic rings. The molecule has 2 heterocycles. The van der Waals surface area contributed by atoms with E-state index < -0.39 is 17.8 Å². The molecule has 8 nitrogen and oxygen atoms in total. The summed E-state index contributed by atoms with van der Waals surface area (Å²) in [5.41, 5.74) is -0.255. The summed E-state index contributed by atoms with van der Waals surface area (Å²) in [6, 6.07) is 0.926. The van der Waals surface area contributed by atoms with E-state index in [1.165, 1.54) is 17.8 Å². The summed E-state index contributed by atoms with van der Waals surface area (Å²) < 4.78 is 40.5. The molecule has 0 aliphatic heterocycles. The smallest absolute Gasteiger partial charge is 0.351 e. The number of halogens is 3. The molecule has 0 atom stereocenters. The molecular weight excluding hydrogens is 365 g/mol. The van der Waals surface area contributed by atoms with Gasteiger partial charge in [0.2, 0.25) is 5.91 Å². The molecule has 0 aromatic carbocycles. The monoisotopic (exact) mass is 386 g/mol. The number of anilines is 1. The number of nitrogens with one attached hydrogen (secondary N) is 2. The topological polar surface area (TPSA) is 93.8 Å². The first-order chi connectivity index (χ1) is 12.6. The third-order valence-electron chi connectivity index (χ3n) is 3.79. The fourth-order valence-electron chi connectivity index (χ4n) is 2.42. The van der Waals surface area contributed by atoms with Gasteiger partial charge in [-0.25, -0.2) is 0 Å². The van der Waals surface area contributed by atoms with Crippen molar-refractivity contribution in [3.63, 3.8) is 0 Å². The second-order valence-electron chi connectivity index (χ2n) is 5.98. The van der Waals surface area contributed by atoms with Crippen LogP contribution in [-0.4, -0.2) is 37.9 Å². The Hall–Kier alpha value is -2.85. The second kappa shape index (κ2) is 8.23. The minimum atomic E-state index is -4.53. The number of nitrogens with zero attached hydrogens (tertiary/aromatic N) is 4. The summed E-state index contributed by atoms with van der Waals surface area (Å²) >= 11 is 0. The highest BCUT2D eigenvalue weighted by Crippen LogP contribution is 2.28. The Bertz CT molecular complexity index is 825. The summed E-state index contributed by atoms with van der Waals surface area (Å²) in [6.07, 6.45) is -2.53. The van der Waals surface area contributed by atoms with Crippen LogP contribution in [0.2, 0.25) is 0 Å². The maximum Gasteiger partial charge on any atom is 0.435 e. The number of carbonyl (C=O) groups excluding carboxylic acids is 2. The van der Waals surface area contributed by atoms with E-state index in [1.54, 1.807) is 7.05 Å². The third kappa shape index (κ3) is 5.08. The van der Waals surface area contributed by atoms with Gasteiger partial charge in [-0.1, -0.05) is 6.92 Å². The average molecular weight is 386 g/mol. The quantitative estimate of drug-likeness (QED) is 0.762. The number of carbonyl (C=O) groups is 2. The molecule has 2 aromatic rings. The fourth-order valence-corrected chi connectivity index (χ4v) is 2.42.